The molecule has 3 heterocycles. The Balaban J connectivity index is 2.26. The van der Waals surface area contributed by atoms with Crippen LogP contribution in [0.15, 0.2) is 18.3 Å². The zero-order chi connectivity index (χ0) is 23.3. The summed E-state index contributed by atoms with van der Waals surface area (Å²) in [5.41, 5.74) is -2.57. The summed E-state index contributed by atoms with van der Waals surface area (Å²) in [5, 5.41) is 0. The summed E-state index contributed by atoms with van der Waals surface area (Å²) in [6, 6.07) is 3.18. The summed E-state index contributed by atoms with van der Waals surface area (Å²) < 4.78 is 68.6. The molecular formula is C20H23F3N4O3S. The number of nitrogens with zero attached hydrogens (tertiary/aromatic N) is 4. The van der Waals surface area contributed by atoms with E-state index >= 15 is 0 Å². The average Bonchev–Trinajstić information content (AvgIpc) is 2.96. The first-order valence-electron chi connectivity index (χ1n) is 9.60. The van der Waals surface area contributed by atoms with Crippen LogP contribution in [0.4, 0.5) is 13.2 Å². The number of aromatic nitrogens is 4. The van der Waals surface area contributed by atoms with E-state index in [-0.39, 0.29) is 23.2 Å². The molecule has 0 atom stereocenters. The Morgan fingerprint density at radius 3 is 2.23 bits per heavy atom. The first kappa shape index (κ1) is 23.0. The summed E-state index contributed by atoms with van der Waals surface area (Å²) in [5.74, 6) is -0.844. The van der Waals surface area contributed by atoms with E-state index in [2.05, 4.69) is 19.1 Å². The van der Waals surface area contributed by atoms with E-state index in [1.807, 2.05) is 31.5 Å². The van der Waals surface area contributed by atoms with E-state index in [1.54, 1.807) is 26.8 Å². The van der Waals surface area contributed by atoms with Crippen LogP contribution in [0.2, 0.25) is 0 Å². The van der Waals surface area contributed by atoms with Crippen molar-refractivity contribution in [2.75, 3.05) is 0 Å². The molecule has 31 heavy (non-hydrogen) atoms. The van der Waals surface area contributed by atoms with Gasteiger partial charge < -0.3 is 8.75 Å². The van der Waals surface area contributed by atoms with Crippen molar-refractivity contribution >= 4 is 21.3 Å². The van der Waals surface area contributed by atoms with Gasteiger partial charge in [-0.3, -0.25) is 0 Å². The minimum absolute atomic E-state index is 0.0146. The molecule has 0 saturated carbocycles. The molecule has 0 unspecified atom stereocenters. The van der Waals surface area contributed by atoms with E-state index in [4.69, 9.17) is 0 Å². The van der Waals surface area contributed by atoms with Crippen LogP contribution in [0, 0.1) is 13.8 Å². The third-order valence-corrected chi connectivity index (χ3v) is 5.70. The zero-order valence-corrected chi connectivity index (χ0v) is 18.8. The Hall–Kier alpha value is -2.69. The molecule has 0 aromatic carbocycles. The minimum atomic E-state index is -5.91. The lowest BCUT2D eigenvalue weighted by atomic mass is 10.1. The van der Waals surface area contributed by atoms with Gasteiger partial charge in [-0.1, -0.05) is 13.8 Å². The molecule has 0 fully saturated rings. The Morgan fingerprint density at radius 1 is 1.03 bits per heavy atom. The molecule has 0 bridgehead atoms. The SMILES string of the molecule is Cc1nc2c(nc1-c1ccc(C(C)C)nc1OS(=O)(=O)C(F)(F)F)c(C)cn2C(C)C. The van der Waals surface area contributed by atoms with Crippen molar-refractivity contribution in [2.45, 2.75) is 59.0 Å². The molecule has 0 amide bonds. The minimum Gasteiger partial charge on any atom is -0.354 e. The number of hydrogen-bond donors (Lipinski definition) is 0. The topological polar surface area (TPSA) is 87.0 Å². The predicted molar refractivity (Wildman–Crippen MR) is 110 cm³/mol. The van der Waals surface area contributed by atoms with Crippen molar-refractivity contribution in [3.8, 4) is 17.1 Å². The Bertz CT molecular complexity index is 1250. The van der Waals surface area contributed by atoms with Gasteiger partial charge in [0.15, 0.2) is 5.65 Å². The van der Waals surface area contributed by atoms with Gasteiger partial charge in [-0.2, -0.15) is 21.6 Å². The quantitative estimate of drug-likeness (QED) is 0.395. The maximum atomic E-state index is 13.0. The average molecular weight is 456 g/mol. The van der Waals surface area contributed by atoms with Gasteiger partial charge >= 0.3 is 15.6 Å². The van der Waals surface area contributed by atoms with Gasteiger partial charge in [0.1, 0.15) is 5.52 Å². The number of hydrogen-bond acceptors (Lipinski definition) is 6. The first-order chi connectivity index (χ1) is 14.2. The summed E-state index contributed by atoms with van der Waals surface area (Å²) in [6.45, 7) is 11.0. The molecule has 3 aromatic heterocycles. The number of rotatable bonds is 5. The van der Waals surface area contributed by atoms with Gasteiger partial charge in [-0.05, 0) is 51.3 Å². The molecule has 11 heteroatoms. The lowest BCUT2D eigenvalue weighted by molar-refractivity contribution is -0.0501. The van der Waals surface area contributed by atoms with Crippen LogP contribution in [-0.4, -0.2) is 33.4 Å². The second-order valence-electron chi connectivity index (χ2n) is 7.87. The van der Waals surface area contributed by atoms with Crippen molar-refractivity contribution in [1.82, 2.24) is 19.5 Å². The van der Waals surface area contributed by atoms with Crippen LogP contribution in [0.25, 0.3) is 22.4 Å². The molecule has 0 aliphatic heterocycles. The van der Waals surface area contributed by atoms with Crippen LogP contribution >= 0.6 is 0 Å². The van der Waals surface area contributed by atoms with Crippen molar-refractivity contribution in [2.24, 2.45) is 0 Å². The van der Waals surface area contributed by atoms with Crippen molar-refractivity contribution in [1.29, 1.82) is 0 Å². The highest BCUT2D eigenvalue weighted by atomic mass is 32.2. The van der Waals surface area contributed by atoms with Gasteiger partial charge in [0.05, 0.1) is 17.0 Å². The summed E-state index contributed by atoms with van der Waals surface area (Å²) in [4.78, 5) is 13.2. The number of alkyl halides is 3. The van der Waals surface area contributed by atoms with Gasteiger partial charge in [-0.15, -0.1) is 0 Å². The van der Waals surface area contributed by atoms with Crippen molar-refractivity contribution < 1.29 is 25.8 Å². The molecule has 0 aliphatic carbocycles. The first-order valence-corrected chi connectivity index (χ1v) is 11.0. The largest absolute Gasteiger partial charge is 0.534 e. The Labute approximate surface area is 178 Å². The summed E-state index contributed by atoms with van der Waals surface area (Å²) in [7, 11) is -5.91. The zero-order valence-electron chi connectivity index (χ0n) is 17.9. The molecule has 0 spiro atoms. The molecule has 0 aliphatic rings. The Kier molecular flexibility index (Phi) is 5.76. The summed E-state index contributed by atoms with van der Waals surface area (Å²) in [6.07, 6.45) is 1.89. The van der Waals surface area contributed by atoms with Crippen LogP contribution in [-0.2, 0) is 10.1 Å². The van der Waals surface area contributed by atoms with Gasteiger partial charge in [0, 0.05) is 17.9 Å². The highest BCUT2D eigenvalue weighted by molar-refractivity contribution is 7.88. The lowest BCUT2D eigenvalue weighted by Crippen LogP contribution is -2.28. The molecule has 7 nitrogen and oxygen atoms in total. The van der Waals surface area contributed by atoms with Crippen LogP contribution in [0.3, 0.4) is 0 Å². The number of aryl methyl sites for hydroxylation is 2. The van der Waals surface area contributed by atoms with E-state index < -0.39 is 21.5 Å². The summed E-state index contributed by atoms with van der Waals surface area (Å²) >= 11 is 0. The molecule has 3 aromatic rings. The third-order valence-electron chi connectivity index (χ3n) is 4.76. The maximum Gasteiger partial charge on any atom is 0.534 e. The fourth-order valence-electron chi connectivity index (χ4n) is 3.10. The standard InChI is InChI=1S/C20H23F3N4O3S/c1-10(2)15-8-7-14(19(25-15)30-31(28,29)20(21,22)23)17-13(6)24-18-16(26-17)12(5)9-27(18)11(3)4/h7-11H,1-6H3. The number of pyridine rings is 1. The van der Waals surface area contributed by atoms with Gasteiger partial charge in [-0.25, -0.2) is 15.0 Å². The number of fused-ring (bicyclic) bond motifs is 1. The van der Waals surface area contributed by atoms with Crippen molar-refractivity contribution in [3.05, 3.63) is 35.3 Å². The van der Waals surface area contributed by atoms with E-state index in [0.29, 0.717) is 22.6 Å². The van der Waals surface area contributed by atoms with Gasteiger partial charge in [0.2, 0.25) is 5.88 Å². The van der Waals surface area contributed by atoms with Crippen LogP contribution in [0.1, 0.15) is 56.6 Å². The third kappa shape index (κ3) is 4.23. The monoisotopic (exact) mass is 456 g/mol. The molecule has 0 saturated heterocycles. The van der Waals surface area contributed by atoms with E-state index in [1.165, 1.54) is 6.07 Å². The van der Waals surface area contributed by atoms with Gasteiger partial charge in [0.25, 0.3) is 0 Å². The predicted octanol–water partition coefficient (Wildman–Crippen LogP) is 5.04. The smallest absolute Gasteiger partial charge is 0.354 e. The lowest BCUT2D eigenvalue weighted by Gasteiger charge is -2.15. The van der Waals surface area contributed by atoms with E-state index in [9.17, 15) is 21.6 Å². The van der Waals surface area contributed by atoms with Crippen molar-refractivity contribution in [3.63, 3.8) is 0 Å². The molecular weight excluding hydrogens is 433 g/mol. The Morgan fingerprint density at radius 2 is 1.68 bits per heavy atom. The highest BCUT2D eigenvalue weighted by Crippen LogP contribution is 2.36. The fourth-order valence-corrected chi connectivity index (χ4v) is 3.53. The highest BCUT2D eigenvalue weighted by Gasteiger charge is 2.49. The fraction of sp³-hybridized carbons (Fsp3) is 0.450. The second kappa shape index (κ2) is 7.77. The second-order valence-corrected chi connectivity index (χ2v) is 9.41. The normalized spacial score (nSPS) is 12.9. The van der Waals surface area contributed by atoms with Crippen LogP contribution < -0.4 is 4.18 Å². The van der Waals surface area contributed by atoms with E-state index in [0.717, 1.165) is 5.56 Å². The van der Waals surface area contributed by atoms with Crippen LogP contribution in [0.5, 0.6) is 5.88 Å². The molecule has 0 radical (unpaired) electrons. The molecule has 168 valence electrons. The maximum absolute atomic E-state index is 13.0. The molecule has 0 N–H and O–H groups in total. The number of halogens is 3. The molecule has 3 rings (SSSR count).